The van der Waals surface area contributed by atoms with Gasteiger partial charge in [-0.15, -0.1) is 0 Å². The summed E-state index contributed by atoms with van der Waals surface area (Å²) < 4.78 is 16.8. The molecule has 5 nitrogen and oxygen atoms in total. The first-order chi connectivity index (χ1) is 11.2. The highest BCUT2D eigenvalue weighted by atomic mass is 79.9. The van der Waals surface area contributed by atoms with Crippen molar-refractivity contribution >= 4 is 27.5 Å². The van der Waals surface area contributed by atoms with Crippen molar-refractivity contribution in [3.63, 3.8) is 0 Å². The Kier molecular flexibility index (Phi) is 4.83. The summed E-state index contributed by atoms with van der Waals surface area (Å²) in [6, 6.07) is 12.7. The summed E-state index contributed by atoms with van der Waals surface area (Å²) in [6.45, 7) is 0.164. The molecule has 0 saturated heterocycles. The predicted molar refractivity (Wildman–Crippen MR) is 89.8 cm³/mol. The lowest BCUT2D eigenvalue weighted by molar-refractivity contribution is 0.242. The van der Waals surface area contributed by atoms with Gasteiger partial charge in [-0.2, -0.15) is 4.98 Å². The van der Waals surface area contributed by atoms with Crippen LogP contribution in [0.4, 0.5) is 0 Å². The van der Waals surface area contributed by atoms with Crippen LogP contribution in [0.15, 0.2) is 51.5 Å². The number of hydrogen-bond donors (Lipinski definition) is 0. The molecule has 0 radical (unpaired) electrons. The number of hydrogen-bond acceptors (Lipinski definition) is 5. The second-order valence-electron chi connectivity index (χ2n) is 4.61. The summed E-state index contributed by atoms with van der Waals surface area (Å²) in [6.07, 6.45) is 0. The third-order valence-electron chi connectivity index (χ3n) is 3.04. The fraction of sp³-hybridized carbons (Fsp3) is 0.125. The van der Waals surface area contributed by atoms with Gasteiger partial charge < -0.3 is 14.0 Å². The van der Waals surface area contributed by atoms with Gasteiger partial charge in [0.1, 0.15) is 11.5 Å². The molecule has 0 aliphatic rings. The minimum atomic E-state index is 0.164. The first-order valence-electron chi connectivity index (χ1n) is 6.70. The van der Waals surface area contributed by atoms with Gasteiger partial charge in [0.25, 0.3) is 5.89 Å². The van der Waals surface area contributed by atoms with E-state index in [0.717, 1.165) is 15.8 Å². The van der Waals surface area contributed by atoms with Crippen molar-refractivity contribution in [3.05, 3.63) is 57.9 Å². The van der Waals surface area contributed by atoms with E-state index < -0.39 is 0 Å². The van der Waals surface area contributed by atoms with E-state index in [1.807, 2.05) is 24.3 Å². The van der Waals surface area contributed by atoms with Crippen LogP contribution >= 0.6 is 27.5 Å². The monoisotopic (exact) mass is 394 g/mol. The maximum absolute atomic E-state index is 5.89. The molecule has 7 heteroatoms. The van der Waals surface area contributed by atoms with Crippen LogP contribution in [0.5, 0.6) is 11.5 Å². The molecule has 118 valence electrons. The predicted octanol–water partition coefficient (Wildman–Crippen LogP) is 4.74. The molecule has 0 fully saturated rings. The molecule has 0 saturated carbocycles. The third kappa shape index (κ3) is 3.83. The lowest BCUT2D eigenvalue weighted by Gasteiger charge is -2.05. The van der Waals surface area contributed by atoms with Crippen molar-refractivity contribution in [2.24, 2.45) is 0 Å². The summed E-state index contributed by atoms with van der Waals surface area (Å²) in [5.74, 6) is 2.24. The van der Waals surface area contributed by atoms with E-state index in [1.54, 1.807) is 25.3 Å². The van der Waals surface area contributed by atoms with Crippen molar-refractivity contribution in [1.29, 1.82) is 0 Å². The van der Waals surface area contributed by atoms with Gasteiger partial charge in [0.2, 0.25) is 5.82 Å². The highest BCUT2D eigenvalue weighted by molar-refractivity contribution is 9.10. The van der Waals surface area contributed by atoms with Gasteiger partial charge in [-0.25, -0.2) is 0 Å². The van der Waals surface area contributed by atoms with E-state index in [1.165, 1.54) is 0 Å². The Hall–Kier alpha value is -2.05. The molecular formula is C16H12BrClN2O3. The fourth-order valence-electron chi connectivity index (χ4n) is 1.92. The number of rotatable bonds is 5. The number of benzene rings is 2. The van der Waals surface area contributed by atoms with Gasteiger partial charge in [0, 0.05) is 10.6 Å². The second kappa shape index (κ2) is 7.02. The van der Waals surface area contributed by atoms with Crippen molar-refractivity contribution in [3.8, 4) is 22.9 Å². The van der Waals surface area contributed by atoms with Crippen LogP contribution in [0.1, 0.15) is 5.89 Å². The number of halogens is 2. The normalized spacial score (nSPS) is 10.6. The van der Waals surface area contributed by atoms with E-state index >= 15 is 0 Å². The van der Waals surface area contributed by atoms with Gasteiger partial charge in [-0.05, 0) is 46.3 Å². The number of aromatic nitrogens is 2. The van der Waals surface area contributed by atoms with Crippen molar-refractivity contribution < 1.29 is 14.0 Å². The Balaban J connectivity index is 1.72. The molecule has 0 atom stereocenters. The zero-order valence-electron chi connectivity index (χ0n) is 12.1. The maximum Gasteiger partial charge on any atom is 0.264 e. The van der Waals surface area contributed by atoms with Crippen LogP contribution in [0, 0.1) is 0 Å². The van der Waals surface area contributed by atoms with Crippen molar-refractivity contribution in [1.82, 2.24) is 10.1 Å². The number of methoxy groups -OCH3 is 1. The van der Waals surface area contributed by atoms with Crippen LogP contribution in [-0.4, -0.2) is 17.3 Å². The lowest BCUT2D eigenvalue weighted by Crippen LogP contribution is -1.96. The molecule has 23 heavy (non-hydrogen) atoms. The Morgan fingerprint density at radius 2 is 2.09 bits per heavy atom. The van der Waals surface area contributed by atoms with Crippen molar-refractivity contribution in [2.45, 2.75) is 6.61 Å². The molecule has 0 N–H and O–H groups in total. The van der Waals surface area contributed by atoms with Crippen molar-refractivity contribution in [2.75, 3.05) is 7.11 Å². The topological polar surface area (TPSA) is 57.4 Å². The second-order valence-corrected chi connectivity index (χ2v) is 5.90. The molecule has 3 aromatic rings. The smallest absolute Gasteiger partial charge is 0.264 e. The van der Waals surface area contributed by atoms with Crippen LogP contribution in [-0.2, 0) is 6.61 Å². The molecule has 0 spiro atoms. The molecule has 3 rings (SSSR count). The molecule has 0 amide bonds. The van der Waals surface area contributed by atoms with Crippen LogP contribution in [0.3, 0.4) is 0 Å². The zero-order valence-corrected chi connectivity index (χ0v) is 14.5. The highest BCUT2D eigenvalue weighted by Crippen LogP contribution is 2.28. The van der Waals surface area contributed by atoms with E-state index in [4.69, 9.17) is 25.6 Å². The SMILES string of the molecule is COc1cccc(-c2noc(COc3ccc(Cl)cc3Br)n2)c1. The molecule has 1 aromatic heterocycles. The largest absolute Gasteiger partial charge is 0.497 e. The van der Waals surface area contributed by atoms with Crippen LogP contribution in [0.2, 0.25) is 5.02 Å². The minimum Gasteiger partial charge on any atom is -0.497 e. The maximum atomic E-state index is 5.89. The Morgan fingerprint density at radius 1 is 1.22 bits per heavy atom. The molecular weight excluding hydrogens is 384 g/mol. The summed E-state index contributed by atoms with van der Waals surface area (Å²) in [5.41, 5.74) is 0.812. The fourth-order valence-corrected chi connectivity index (χ4v) is 2.72. The van der Waals surface area contributed by atoms with Gasteiger partial charge >= 0.3 is 0 Å². The zero-order chi connectivity index (χ0) is 16.2. The summed E-state index contributed by atoms with van der Waals surface area (Å²) in [5, 5.41) is 4.58. The lowest BCUT2D eigenvalue weighted by atomic mass is 10.2. The van der Waals surface area contributed by atoms with E-state index in [9.17, 15) is 0 Å². The molecule has 2 aromatic carbocycles. The average Bonchev–Trinajstić information content (AvgIpc) is 3.03. The van der Waals surface area contributed by atoms with Gasteiger partial charge in [0.15, 0.2) is 6.61 Å². The quantitative estimate of drug-likeness (QED) is 0.624. The summed E-state index contributed by atoms with van der Waals surface area (Å²) >= 11 is 9.28. The molecule has 0 aliphatic heterocycles. The molecule has 0 unspecified atom stereocenters. The highest BCUT2D eigenvalue weighted by Gasteiger charge is 2.11. The van der Waals surface area contributed by atoms with Crippen LogP contribution < -0.4 is 9.47 Å². The standard InChI is InChI=1S/C16H12BrClN2O3/c1-21-12-4-2-3-10(7-12)16-19-15(23-20-16)9-22-14-6-5-11(18)8-13(14)17/h2-8H,9H2,1H3. The first-order valence-corrected chi connectivity index (χ1v) is 7.87. The van der Waals surface area contributed by atoms with Gasteiger partial charge in [0.05, 0.1) is 11.6 Å². The Morgan fingerprint density at radius 3 is 2.87 bits per heavy atom. The Labute approximate surface area is 146 Å². The first kappa shape index (κ1) is 15.8. The molecule has 0 aliphatic carbocycles. The molecule has 0 bridgehead atoms. The van der Waals surface area contributed by atoms with Gasteiger partial charge in [-0.1, -0.05) is 28.9 Å². The number of nitrogens with zero attached hydrogens (tertiary/aromatic N) is 2. The van der Waals surface area contributed by atoms with Crippen LogP contribution in [0.25, 0.3) is 11.4 Å². The minimum absolute atomic E-state index is 0.164. The number of ether oxygens (including phenoxy) is 2. The van der Waals surface area contributed by atoms with E-state index in [2.05, 4.69) is 26.1 Å². The van der Waals surface area contributed by atoms with E-state index in [-0.39, 0.29) is 6.61 Å². The summed E-state index contributed by atoms with van der Waals surface area (Å²) in [4.78, 5) is 4.32. The summed E-state index contributed by atoms with van der Waals surface area (Å²) in [7, 11) is 1.61. The Bertz CT molecular complexity index is 823. The van der Waals surface area contributed by atoms with Gasteiger partial charge in [-0.3, -0.25) is 0 Å². The van der Waals surface area contributed by atoms with E-state index in [0.29, 0.717) is 22.5 Å². The average molecular weight is 396 g/mol. The third-order valence-corrected chi connectivity index (χ3v) is 3.90. The molecule has 1 heterocycles.